The van der Waals surface area contributed by atoms with Gasteiger partial charge in [-0.05, 0) is 57.7 Å². The molecule has 0 bridgehead atoms. The summed E-state index contributed by atoms with van der Waals surface area (Å²) < 4.78 is 0. The van der Waals surface area contributed by atoms with Crippen LogP contribution in [-0.4, -0.2) is 35.4 Å². The van der Waals surface area contributed by atoms with E-state index in [1.807, 2.05) is 11.8 Å². The first-order valence-corrected chi connectivity index (χ1v) is 7.95. The Bertz CT molecular complexity index is 484. The Balaban J connectivity index is 1.87. The van der Waals surface area contributed by atoms with Crippen molar-refractivity contribution < 1.29 is 4.79 Å². The third-order valence-corrected chi connectivity index (χ3v) is 4.27. The van der Waals surface area contributed by atoms with E-state index >= 15 is 0 Å². The lowest BCUT2D eigenvalue weighted by Crippen LogP contribution is -2.31. The highest BCUT2D eigenvalue weighted by molar-refractivity contribution is 5.76. The van der Waals surface area contributed by atoms with Crippen LogP contribution in [0.3, 0.4) is 0 Å². The van der Waals surface area contributed by atoms with Gasteiger partial charge in [-0.2, -0.15) is 0 Å². The Labute approximate surface area is 127 Å². The molecule has 2 heterocycles. The fourth-order valence-corrected chi connectivity index (χ4v) is 3.31. The third kappa shape index (κ3) is 4.03. The molecule has 0 aliphatic carbocycles. The quantitative estimate of drug-likeness (QED) is 0.906. The van der Waals surface area contributed by atoms with E-state index in [0.29, 0.717) is 6.42 Å². The molecule has 1 aromatic heterocycles. The van der Waals surface area contributed by atoms with Gasteiger partial charge < -0.3 is 10.2 Å². The van der Waals surface area contributed by atoms with Gasteiger partial charge in [0.25, 0.3) is 0 Å². The number of likely N-dealkylation sites (tertiary alicyclic amines) is 1. The Kier molecular flexibility index (Phi) is 5.34. The van der Waals surface area contributed by atoms with Crippen molar-refractivity contribution >= 4 is 5.91 Å². The van der Waals surface area contributed by atoms with Gasteiger partial charge >= 0.3 is 0 Å². The zero-order valence-electron chi connectivity index (χ0n) is 13.7. The lowest BCUT2D eigenvalue weighted by Gasteiger charge is -2.20. The fraction of sp³-hybridized carbons (Fsp3) is 0.647. The lowest BCUT2D eigenvalue weighted by atomic mass is 10.0. The van der Waals surface area contributed by atoms with Gasteiger partial charge in [0, 0.05) is 43.5 Å². The second-order valence-corrected chi connectivity index (χ2v) is 6.09. The van der Waals surface area contributed by atoms with Crippen molar-refractivity contribution in [3.63, 3.8) is 0 Å². The molecule has 4 heteroatoms. The highest BCUT2D eigenvalue weighted by atomic mass is 16.2. The summed E-state index contributed by atoms with van der Waals surface area (Å²) in [5, 5.41) is 3.47. The number of rotatable bonds is 5. The summed E-state index contributed by atoms with van der Waals surface area (Å²) in [4.78, 5) is 18.5. The maximum atomic E-state index is 12.0. The van der Waals surface area contributed by atoms with Gasteiger partial charge in [-0.25, -0.2) is 0 Å². The van der Waals surface area contributed by atoms with E-state index < -0.39 is 0 Å². The molecule has 0 saturated carbocycles. The zero-order valence-corrected chi connectivity index (χ0v) is 13.7. The average molecular weight is 289 g/mol. The molecule has 2 rings (SSSR count). The van der Waals surface area contributed by atoms with Crippen LogP contribution in [-0.2, 0) is 4.79 Å². The number of pyridine rings is 1. The Morgan fingerprint density at radius 1 is 1.33 bits per heavy atom. The predicted molar refractivity (Wildman–Crippen MR) is 85.3 cm³/mol. The topological polar surface area (TPSA) is 45.2 Å². The maximum Gasteiger partial charge on any atom is 0.223 e. The summed E-state index contributed by atoms with van der Waals surface area (Å²) >= 11 is 0. The molecule has 1 fully saturated rings. The minimum Gasteiger partial charge on any atom is -0.343 e. The van der Waals surface area contributed by atoms with Crippen LogP contribution in [0.5, 0.6) is 0 Å². The number of amides is 1. The van der Waals surface area contributed by atoms with Gasteiger partial charge in [0.15, 0.2) is 0 Å². The molecule has 1 aliphatic heterocycles. The molecule has 0 spiro atoms. The van der Waals surface area contributed by atoms with Crippen molar-refractivity contribution in [2.75, 3.05) is 19.6 Å². The molecule has 1 atom stereocenters. The molecule has 4 nitrogen and oxygen atoms in total. The summed E-state index contributed by atoms with van der Waals surface area (Å²) in [6.07, 6.45) is 2.90. The Morgan fingerprint density at radius 2 is 2.00 bits per heavy atom. The summed E-state index contributed by atoms with van der Waals surface area (Å²) in [6.45, 7) is 11.0. The normalized spacial score (nSPS) is 16.3. The molecule has 1 saturated heterocycles. The molecule has 1 amide bonds. The van der Waals surface area contributed by atoms with E-state index in [4.69, 9.17) is 0 Å². The first kappa shape index (κ1) is 16.0. The van der Waals surface area contributed by atoms with Crippen LogP contribution in [0.2, 0.25) is 0 Å². The van der Waals surface area contributed by atoms with Crippen molar-refractivity contribution in [1.29, 1.82) is 0 Å². The summed E-state index contributed by atoms with van der Waals surface area (Å²) in [6, 6.07) is 2.35. The number of carbonyl (C=O) groups is 1. The van der Waals surface area contributed by atoms with Crippen molar-refractivity contribution in [1.82, 2.24) is 15.2 Å². The van der Waals surface area contributed by atoms with E-state index in [2.05, 4.69) is 37.1 Å². The molecule has 0 radical (unpaired) electrons. The molecule has 21 heavy (non-hydrogen) atoms. The van der Waals surface area contributed by atoms with E-state index in [-0.39, 0.29) is 11.9 Å². The molecule has 0 aromatic carbocycles. The number of aromatic nitrogens is 1. The van der Waals surface area contributed by atoms with Crippen LogP contribution in [0.25, 0.3) is 0 Å². The Hall–Kier alpha value is -1.42. The standard InChI is InChI=1S/C17H27N3O/c1-12-11-13(2)19-15(4)17(12)14(3)18-8-7-16(21)20-9-5-6-10-20/h11,14,18H,5-10H2,1-4H3. The van der Waals surface area contributed by atoms with Crippen LogP contribution in [0.4, 0.5) is 0 Å². The average Bonchev–Trinajstić information content (AvgIpc) is 2.91. The van der Waals surface area contributed by atoms with Gasteiger partial charge in [0.05, 0.1) is 0 Å². The van der Waals surface area contributed by atoms with Gasteiger partial charge in [-0.1, -0.05) is 0 Å². The number of aryl methyl sites for hydroxylation is 3. The highest BCUT2D eigenvalue weighted by Gasteiger charge is 2.18. The number of carbonyl (C=O) groups excluding carboxylic acids is 1. The Morgan fingerprint density at radius 3 is 2.62 bits per heavy atom. The fourth-order valence-electron chi connectivity index (χ4n) is 3.31. The third-order valence-electron chi connectivity index (χ3n) is 4.27. The summed E-state index contributed by atoms with van der Waals surface area (Å²) in [7, 11) is 0. The minimum absolute atomic E-state index is 0.226. The largest absolute Gasteiger partial charge is 0.343 e. The molecular formula is C17H27N3O. The van der Waals surface area contributed by atoms with Crippen molar-refractivity contribution in [2.45, 2.75) is 53.0 Å². The van der Waals surface area contributed by atoms with Gasteiger partial charge in [0.1, 0.15) is 0 Å². The van der Waals surface area contributed by atoms with Crippen LogP contribution in [0.1, 0.15) is 54.7 Å². The van der Waals surface area contributed by atoms with Crippen molar-refractivity contribution in [3.05, 3.63) is 28.6 Å². The number of nitrogens with one attached hydrogen (secondary N) is 1. The second-order valence-electron chi connectivity index (χ2n) is 6.09. The van der Waals surface area contributed by atoms with Gasteiger partial charge in [-0.3, -0.25) is 9.78 Å². The smallest absolute Gasteiger partial charge is 0.223 e. The molecular weight excluding hydrogens is 262 g/mol. The SMILES string of the molecule is Cc1cc(C)c(C(C)NCCC(=O)N2CCCC2)c(C)n1. The number of nitrogens with zero attached hydrogens (tertiary/aromatic N) is 2. The van der Waals surface area contributed by atoms with E-state index in [1.54, 1.807) is 0 Å². The number of hydrogen-bond acceptors (Lipinski definition) is 3. The van der Waals surface area contributed by atoms with Crippen molar-refractivity contribution in [3.8, 4) is 0 Å². The second kappa shape index (κ2) is 7.03. The van der Waals surface area contributed by atoms with Crippen LogP contribution < -0.4 is 5.32 Å². The molecule has 1 N–H and O–H groups in total. The summed E-state index contributed by atoms with van der Waals surface area (Å²) in [5.41, 5.74) is 4.67. The maximum absolute atomic E-state index is 12.0. The highest BCUT2D eigenvalue weighted by Crippen LogP contribution is 2.21. The van der Waals surface area contributed by atoms with E-state index in [0.717, 1.165) is 43.9 Å². The van der Waals surface area contributed by atoms with Crippen LogP contribution in [0.15, 0.2) is 6.07 Å². The summed E-state index contributed by atoms with van der Waals surface area (Å²) in [5.74, 6) is 0.280. The zero-order chi connectivity index (χ0) is 15.4. The van der Waals surface area contributed by atoms with Gasteiger partial charge in [0.2, 0.25) is 5.91 Å². The van der Waals surface area contributed by atoms with E-state index in [1.165, 1.54) is 11.1 Å². The molecule has 1 aliphatic rings. The molecule has 1 unspecified atom stereocenters. The van der Waals surface area contributed by atoms with Crippen molar-refractivity contribution in [2.24, 2.45) is 0 Å². The lowest BCUT2D eigenvalue weighted by molar-refractivity contribution is -0.130. The monoisotopic (exact) mass is 289 g/mol. The van der Waals surface area contributed by atoms with E-state index in [9.17, 15) is 4.79 Å². The predicted octanol–water partition coefficient (Wildman–Crippen LogP) is 2.67. The first-order chi connectivity index (χ1) is 9.99. The number of hydrogen-bond donors (Lipinski definition) is 1. The van der Waals surface area contributed by atoms with Gasteiger partial charge in [-0.15, -0.1) is 0 Å². The minimum atomic E-state index is 0.226. The molecule has 1 aromatic rings. The van der Waals surface area contributed by atoms with Crippen LogP contribution >= 0.6 is 0 Å². The molecule has 116 valence electrons. The first-order valence-electron chi connectivity index (χ1n) is 7.95. The van der Waals surface area contributed by atoms with Crippen LogP contribution in [0, 0.1) is 20.8 Å².